The van der Waals surface area contributed by atoms with E-state index in [0.29, 0.717) is 84.6 Å². The van der Waals surface area contributed by atoms with Gasteiger partial charge in [-0.25, -0.2) is 28.1 Å². The number of benzene rings is 4. The maximum absolute atomic E-state index is 14.8. The number of nitrogens with one attached hydrogen (secondary N) is 4. The molecule has 0 bridgehead atoms. The molecule has 4 atom stereocenters. The van der Waals surface area contributed by atoms with E-state index < -0.39 is 51.4 Å². The maximum atomic E-state index is 14.8. The third kappa shape index (κ3) is 14.0. The molecule has 2 saturated heterocycles. The number of amides is 5. The van der Waals surface area contributed by atoms with Gasteiger partial charge in [-0.15, -0.1) is 11.3 Å². The summed E-state index contributed by atoms with van der Waals surface area (Å²) in [6, 6.07) is 27.4. The van der Waals surface area contributed by atoms with Crippen LogP contribution in [0.3, 0.4) is 0 Å². The Balaban J connectivity index is 0.712. The van der Waals surface area contributed by atoms with Crippen LogP contribution in [-0.2, 0) is 43.9 Å². The van der Waals surface area contributed by atoms with Crippen LogP contribution in [0.5, 0.6) is 0 Å². The minimum Gasteiger partial charge on any atom is -0.391 e. The number of hydrogen-bond acceptors (Lipinski definition) is 16. The first-order chi connectivity index (χ1) is 44.6. The number of para-hydroxylation sites is 1. The molecular weight excluding hydrogens is 1230 g/mol. The standard InChI is InChI=1S/C70H80N12O8S3/c1-41-34-51(24-26-57(41)79-31-29-49(30-32-79)64(84)76-63(70(5,6)7)68(88)81-38-50(83)35-58(81)66(86)73-42(2)46-20-22-48(23-21-46)62-43(3)71-40-91-62)93(89,90)78-67(87)61-52(54-36-72-82(44(54)4)37-45-14-9-8-10-15-45)25-27-60(75-61)80-33-28-47-16-13-17-53(55(47)39-80)65(85)77-69-74-56-18-11-12-19-59(56)92-69/h11-13,16-27,34,36,40,42,45,49-50,58,63,83H,8-10,14-15,28-33,35,37-39H2,1-7H3,(H,73,86)(H,76,84)(H,78,87)(H,74,77,85)/t42-,50+,58-,63+/m0/s1. The molecule has 20 nitrogen and oxygen atoms in total. The number of anilines is 3. The highest BCUT2D eigenvalue weighted by Crippen LogP contribution is 2.37. The van der Waals surface area contributed by atoms with E-state index in [0.717, 1.165) is 73.8 Å². The topological polar surface area (TPSA) is 254 Å². The number of aryl methyl sites for hydroxylation is 2. The molecule has 4 aromatic heterocycles. The second kappa shape index (κ2) is 26.9. The van der Waals surface area contributed by atoms with E-state index in [1.165, 1.54) is 47.6 Å². The van der Waals surface area contributed by atoms with Crippen LogP contribution >= 0.6 is 22.7 Å². The average Bonchev–Trinajstić information content (AvgIpc) is 1.77. The SMILES string of the molecule is Cc1cc(S(=O)(=O)NC(=O)c2nc(N3CCc4cccc(C(=O)Nc5nc6ccccc6s5)c4C3)ccc2-c2cnn(CC3CCCCC3)c2C)ccc1N1CCC(C(=O)N[C@H](C(=O)N2C[C@H](O)C[C@H]2C(=O)N[C@@H](C)c2ccc(-c3scnc3C)cc2)C(C)(C)C)CC1. The maximum Gasteiger partial charge on any atom is 0.284 e. The van der Waals surface area contributed by atoms with Crippen molar-refractivity contribution in [1.29, 1.82) is 0 Å². The van der Waals surface area contributed by atoms with Crippen molar-refractivity contribution in [1.82, 2.24) is 45.0 Å². The van der Waals surface area contributed by atoms with Crippen LogP contribution in [-0.4, -0.2) is 117 Å². The zero-order chi connectivity index (χ0) is 65.5. The number of piperidine rings is 1. The molecule has 4 aliphatic rings. The number of carbonyl (C=O) groups excluding carboxylic acids is 5. The molecule has 93 heavy (non-hydrogen) atoms. The number of likely N-dealkylation sites (tertiary alicyclic amines) is 1. The van der Waals surface area contributed by atoms with Gasteiger partial charge in [-0.1, -0.05) is 99.9 Å². The first-order valence-electron chi connectivity index (χ1n) is 32.2. The van der Waals surface area contributed by atoms with Crippen molar-refractivity contribution in [2.75, 3.05) is 41.3 Å². The summed E-state index contributed by atoms with van der Waals surface area (Å²) in [5.74, 6) is -1.84. The van der Waals surface area contributed by atoms with Crippen LogP contribution in [0, 0.1) is 38.0 Å². The van der Waals surface area contributed by atoms with E-state index in [2.05, 4.69) is 35.5 Å². The largest absolute Gasteiger partial charge is 0.391 e. The Labute approximate surface area is 550 Å². The molecule has 8 aromatic rings. The quantitative estimate of drug-likeness (QED) is 0.0569. The molecule has 7 heterocycles. The third-order valence-corrected chi connectivity index (χ3v) is 22.2. The van der Waals surface area contributed by atoms with E-state index in [1.807, 2.05) is 130 Å². The minimum atomic E-state index is -4.49. The monoisotopic (exact) mass is 1310 g/mol. The van der Waals surface area contributed by atoms with Crippen LogP contribution in [0.2, 0.25) is 0 Å². The van der Waals surface area contributed by atoms with Crippen molar-refractivity contribution in [3.63, 3.8) is 0 Å². The van der Waals surface area contributed by atoms with Gasteiger partial charge >= 0.3 is 0 Å². The molecule has 12 rings (SSSR count). The fraction of sp³-hybridized carbons (Fsp3) is 0.414. The number of thiazole rings is 2. The van der Waals surface area contributed by atoms with Crippen molar-refractivity contribution in [2.24, 2.45) is 17.3 Å². The number of sulfonamides is 1. The van der Waals surface area contributed by atoms with E-state index in [-0.39, 0.29) is 47.3 Å². The van der Waals surface area contributed by atoms with Crippen molar-refractivity contribution in [2.45, 2.75) is 148 Å². The van der Waals surface area contributed by atoms with Crippen LogP contribution in [0.25, 0.3) is 31.8 Å². The summed E-state index contributed by atoms with van der Waals surface area (Å²) in [6.45, 7) is 15.6. The van der Waals surface area contributed by atoms with Crippen molar-refractivity contribution >= 4 is 89.1 Å². The lowest BCUT2D eigenvalue weighted by Crippen LogP contribution is -2.59. The van der Waals surface area contributed by atoms with Crippen LogP contribution in [0.4, 0.5) is 16.6 Å². The lowest BCUT2D eigenvalue weighted by atomic mass is 9.84. The van der Waals surface area contributed by atoms with Crippen LogP contribution < -0.4 is 30.5 Å². The molecule has 0 radical (unpaired) electrons. The first kappa shape index (κ1) is 64.7. The zero-order valence-electron chi connectivity index (χ0n) is 53.6. The molecule has 4 aromatic carbocycles. The van der Waals surface area contributed by atoms with Gasteiger partial charge in [0.15, 0.2) is 5.13 Å². The molecule has 486 valence electrons. The van der Waals surface area contributed by atoms with Crippen molar-refractivity contribution in [3.8, 4) is 21.6 Å². The van der Waals surface area contributed by atoms with Gasteiger partial charge in [0.05, 0.1) is 49.5 Å². The summed E-state index contributed by atoms with van der Waals surface area (Å²) in [5.41, 5.74) is 10.3. The molecular formula is C70H80N12O8S3. The minimum absolute atomic E-state index is 0.0471. The molecule has 23 heteroatoms. The Kier molecular flexibility index (Phi) is 18.7. The van der Waals surface area contributed by atoms with Crippen LogP contribution in [0.1, 0.15) is 140 Å². The molecule has 0 unspecified atom stereocenters. The van der Waals surface area contributed by atoms with Gasteiger partial charge in [0.1, 0.15) is 23.6 Å². The number of β-amino-alcohol motifs (C(OH)–C–C–N with tert-alkyl or cyclic N) is 1. The van der Waals surface area contributed by atoms with Crippen LogP contribution in [0.15, 0.2) is 114 Å². The predicted octanol–water partition coefficient (Wildman–Crippen LogP) is 10.7. The highest BCUT2D eigenvalue weighted by atomic mass is 32.2. The van der Waals surface area contributed by atoms with Gasteiger partial charge in [0.2, 0.25) is 17.7 Å². The molecule has 1 saturated carbocycles. The number of rotatable bonds is 17. The Morgan fingerprint density at radius 3 is 2.28 bits per heavy atom. The Morgan fingerprint density at radius 2 is 1.56 bits per heavy atom. The highest BCUT2D eigenvalue weighted by Gasteiger charge is 2.45. The van der Waals surface area contributed by atoms with E-state index >= 15 is 0 Å². The van der Waals surface area contributed by atoms with Crippen molar-refractivity contribution in [3.05, 3.63) is 154 Å². The smallest absolute Gasteiger partial charge is 0.284 e. The number of aliphatic hydroxyl groups excluding tert-OH is 1. The summed E-state index contributed by atoms with van der Waals surface area (Å²) >= 11 is 2.97. The average molecular weight is 1310 g/mol. The van der Waals surface area contributed by atoms with Gasteiger partial charge in [-0.2, -0.15) is 5.10 Å². The predicted molar refractivity (Wildman–Crippen MR) is 363 cm³/mol. The van der Waals surface area contributed by atoms with Gasteiger partial charge in [-0.3, -0.25) is 34.0 Å². The first-order valence-corrected chi connectivity index (χ1v) is 35.3. The summed E-state index contributed by atoms with van der Waals surface area (Å²) in [7, 11) is -4.49. The summed E-state index contributed by atoms with van der Waals surface area (Å²) in [6.07, 6.45) is 8.17. The molecule has 0 spiro atoms. The van der Waals surface area contributed by atoms with Gasteiger partial charge < -0.3 is 30.4 Å². The second-order valence-corrected chi connectivity index (χ2v) is 30.0. The molecule has 3 aliphatic heterocycles. The Bertz CT molecular complexity index is 4220. The number of hydrogen-bond donors (Lipinski definition) is 5. The molecule has 1 aliphatic carbocycles. The summed E-state index contributed by atoms with van der Waals surface area (Å²) < 4.78 is 34.3. The number of nitrogens with zero attached hydrogens (tertiary/aromatic N) is 8. The third-order valence-electron chi connectivity index (χ3n) is 19.0. The van der Waals surface area contributed by atoms with Gasteiger partial charge in [-0.05, 0) is 147 Å². The molecule has 5 amide bonds. The lowest BCUT2D eigenvalue weighted by molar-refractivity contribution is -0.144. The Morgan fingerprint density at radius 1 is 0.796 bits per heavy atom. The van der Waals surface area contributed by atoms with E-state index in [9.17, 15) is 37.5 Å². The van der Waals surface area contributed by atoms with E-state index in [4.69, 9.17) is 10.1 Å². The number of pyridine rings is 1. The van der Waals surface area contributed by atoms with Gasteiger partial charge in [0.25, 0.3) is 21.8 Å². The van der Waals surface area contributed by atoms with E-state index in [1.54, 1.807) is 35.7 Å². The lowest BCUT2D eigenvalue weighted by Gasteiger charge is -2.38. The normalized spacial score (nSPS) is 18.0. The molecule has 3 fully saturated rings. The summed E-state index contributed by atoms with van der Waals surface area (Å²) in [4.78, 5) is 92.0. The molecule has 5 N–H and O–H groups in total. The number of fused-ring (bicyclic) bond motifs is 2. The highest BCUT2D eigenvalue weighted by molar-refractivity contribution is 7.90. The van der Waals surface area contributed by atoms with Crippen molar-refractivity contribution < 1.29 is 37.5 Å². The fourth-order valence-corrected chi connectivity index (χ4v) is 16.4. The summed E-state index contributed by atoms with van der Waals surface area (Å²) in [5, 5.41) is 25.3. The number of aromatic nitrogens is 5. The van der Waals surface area contributed by atoms with Gasteiger partial charge in [0, 0.05) is 79.7 Å². The second-order valence-electron chi connectivity index (χ2n) is 26.4. The fourth-order valence-electron chi connectivity index (χ4n) is 13.6. The number of carbonyl (C=O) groups is 5. The zero-order valence-corrected chi connectivity index (χ0v) is 56.0. The number of aliphatic hydroxyl groups is 1. The Hall–Kier alpha value is -8.38.